The van der Waals surface area contributed by atoms with Gasteiger partial charge in [-0.15, -0.1) is 0 Å². The molecular formula is C19H33NO. The third-order valence-electron chi connectivity index (χ3n) is 8.32. The van der Waals surface area contributed by atoms with Crippen LogP contribution in [0, 0.1) is 34.5 Å². The first kappa shape index (κ1) is 14.5. The predicted molar refractivity (Wildman–Crippen MR) is 86.0 cm³/mol. The Morgan fingerprint density at radius 2 is 1.81 bits per heavy atom. The minimum Gasteiger partial charge on any atom is -0.393 e. The molecule has 0 radical (unpaired) electrons. The Labute approximate surface area is 130 Å². The number of aliphatic hydroxyl groups excluding tert-OH is 1. The van der Waals surface area contributed by atoms with Gasteiger partial charge in [0.05, 0.1) is 6.10 Å². The van der Waals surface area contributed by atoms with Crippen molar-refractivity contribution in [1.82, 2.24) is 5.32 Å². The minimum absolute atomic E-state index is 0.0138. The highest BCUT2D eigenvalue weighted by atomic mass is 16.3. The van der Waals surface area contributed by atoms with Gasteiger partial charge in [0, 0.05) is 0 Å². The zero-order valence-electron chi connectivity index (χ0n) is 13.9. The lowest BCUT2D eigenvalue weighted by Gasteiger charge is -2.58. The van der Waals surface area contributed by atoms with Gasteiger partial charge in [-0.3, -0.25) is 0 Å². The third-order valence-corrected chi connectivity index (χ3v) is 8.32. The first-order valence-electron chi connectivity index (χ1n) is 9.42. The van der Waals surface area contributed by atoms with E-state index in [9.17, 15) is 5.11 Å². The van der Waals surface area contributed by atoms with Crippen LogP contribution in [0.4, 0.5) is 0 Å². The number of hydrogen-bond acceptors (Lipinski definition) is 2. The second kappa shape index (κ2) is 4.96. The van der Waals surface area contributed by atoms with Gasteiger partial charge in [-0.05, 0) is 99.0 Å². The van der Waals surface area contributed by atoms with Gasteiger partial charge in [-0.1, -0.05) is 13.8 Å². The number of rotatable bonds is 0. The van der Waals surface area contributed by atoms with Crippen LogP contribution < -0.4 is 5.32 Å². The summed E-state index contributed by atoms with van der Waals surface area (Å²) >= 11 is 0. The molecule has 3 saturated carbocycles. The van der Waals surface area contributed by atoms with Crippen molar-refractivity contribution in [2.75, 3.05) is 13.1 Å². The van der Waals surface area contributed by atoms with Gasteiger partial charge in [-0.25, -0.2) is 0 Å². The summed E-state index contributed by atoms with van der Waals surface area (Å²) in [6.07, 6.45) is 10.6. The topological polar surface area (TPSA) is 32.3 Å². The monoisotopic (exact) mass is 291 g/mol. The smallest absolute Gasteiger partial charge is 0.0548 e. The molecule has 2 N–H and O–H groups in total. The van der Waals surface area contributed by atoms with E-state index in [4.69, 9.17) is 0 Å². The molecule has 0 unspecified atom stereocenters. The van der Waals surface area contributed by atoms with Crippen LogP contribution in [0.1, 0.15) is 65.2 Å². The van der Waals surface area contributed by atoms with E-state index in [1.54, 1.807) is 0 Å². The molecule has 0 aromatic rings. The maximum atomic E-state index is 10.2. The van der Waals surface area contributed by atoms with Crippen molar-refractivity contribution >= 4 is 0 Å². The molecule has 0 spiro atoms. The van der Waals surface area contributed by atoms with Crippen LogP contribution in [0.25, 0.3) is 0 Å². The molecule has 120 valence electrons. The predicted octanol–water partition coefficient (Wildman–Crippen LogP) is 3.59. The lowest BCUT2D eigenvalue weighted by molar-refractivity contribution is -0.0877. The Balaban J connectivity index is 1.63. The molecule has 3 aliphatic carbocycles. The van der Waals surface area contributed by atoms with Gasteiger partial charge in [0.2, 0.25) is 0 Å². The van der Waals surface area contributed by atoms with Gasteiger partial charge < -0.3 is 10.4 Å². The van der Waals surface area contributed by atoms with Crippen molar-refractivity contribution in [2.45, 2.75) is 71.3 Å². The summed E-state index contributed by atoms with van der Waals surface area (Å²) in [5.41, 5.74) is 1.02. The number of nitrogens with one attached hydrogen (secondary N) is 1. The summed E-state index contributed by atoms with van der Waals surface area (Å²) in [5, 5.41) is 13.9. The summed E-state index contributed by atoms with van der Waals surface area (Å²) in [5.74, 6) is 3.59. The highest BCUT2D eigenvalue weighted by Crippen LogP contribution is 2.65. The molecule has 21 heavy (non-hydrogen) atoms. The van der Waals surface area contributed by atoms with Crippen LogP contribution in [0.3, 0.4) is 0 Å². The Morgan fingerprint density at radius 3 is 2.67 bits per heavy atom. The molecule has 1 saturated heterocycles. The molecule has 4 rings (SSSR count). The Hall–Kier alpha value is -0.0800. The average Bonchev–Trinajstić information content (AvgIpc) is 2.62. The van der Waals surface area contributed by atoms with Crippen molar-refractivity contribution in [3.8, 4) is 0 Å². The van der Waals surface area contributed by atoms with Crippen LogP contribution in [0.15, 0.2) is 0 Å². The lowest BCUT2D eigenvalue weighted by atomic mass is 9.47. The summed E-state index contributed by atoms with van der Waals surface area (Å²) in [6, 6.07) is 0. The highest BCUT2D eigenvalue weighted by molar-refractivity contribution is 5.07. The van der Waals surface area contributed by atoms with E-state index in [1.807, 2.05) is 0 Å². The van der Waals surface area contributed by atoms with E-state index in [-0.39, 0.29) is 6.10 Å². The van der Waals surface area contributed by atoms with Crippen molar-refractivity contribution < 1.29 is 5.11 Å². The third kappa shape index (κ3) is 2.12. The van der Waals surface area contributed by atoms with E-state index in [0.29, 0.717) is 10.8 Å². The standard InChI is InChI=1S/C19H33NO/c1-18-7-5-16-15(17(18)11-14(21)12-18)4-3-13-6-9-20-10-8-19(13,16)2/h13-17,20-21H,3-12H2,1-2H3/t13-,14+,15-,16+,17+,18-,19+/m1/s1. The maximum Gasteiger partial charge on any atom is 0.0548 e. The molecule has 0 amide bonds. The molecule has 2 heteroatoms. The number of hydrogen-bond donors (Lipinski definition) is 2. The molecule has 1 aliphatic heterocycles. The Morgan fingerprint density at radius 1 is 0.952 bits per heavy atom. The quantitative estimate of drug-likeness (QED) is 0.715. The molecule has 7 atom stereocenters. The molecule has 2 nitrogen and oxygen atoms in total. The van der Waals surface area contributed by atoms with Gasteiger partial charge in [0.15, 0.2) is 0 Å². The molecule has 4 aliphatic rings. The maximum absolute atomic E-state index is 10.2. The molecule has 0 aromatic heterocycles. The fourth-order valence-corrected chi connectivity index (χ4v) is 7.18. The highest BCUT2D eigenvalue weighted by Gasteiger charge is 2.58. The van der Waals surface area contributed by atoms with Crippen LogP contribution in [-0.2, 0) is 0 Å². The Bertz CT molecular complexity index is 410. The van der Waals surface area contributed by atoms with Crippen LogP contribution in [-0.4, -0.2) is 24.3 Å². The molecular weight excluding hydrogens is 258 g/mol. The molecule has 1 heterocycles. The SMILES string of the molecule is C[C@]12CC[C@H]3[C@@H](CC[C@@H]4CCNCC[C@@]43C)[C@@H]1C[C@H](O)C2. The van der Waals surface area contributed by atoms with E-state index in [0.717, 1.165) is 36.5 Å². The fraction of sp³-hybridized carbons (Fsp3) is 1.00. The summed E-state index contributed by atoms with van der Waals surface area (Å²) in [7, 11) is 0. The van der Waals surface area contributed by atoms with E-state index < -0.39 is 0 Å². The molecule has 0 bridgehead atoms. The van der Waals surface area contributed by atoms with Gasteiger partial charge >= 0.3 is 0 Å². The first-order chi connectivity index (χ1) is 10.0. The normalized spacial score (nSPS) is 57.0. The minimum atomic E-state index is -0.0138. The average molecular weight is 291 g/mol. The largest absolute Gasteiger partial charge is 0.393 e. The number of aliphatic hydroxyl groups is 1. The summed E-state index contributed by atoms with van der Waals surface area (Å²) in [6.45, 7) is 7.56. The van der Waals surface area contributed by atoms with Crippen molar-refractivity contribution in [3.05, 3.63) is 0 Å². The van der Waals surface area contributed by atoms with Gasteiger partial charge in [0.25, 0.3) is 0 Å². The molecule has 4 fully saturated rings. The van der Waals surface area contributed by atoms with Crippen molar-refractivity contribution in [1.29, 1.82) is 0 Å². The van der Waals surface area contributed by atoms with Crippen molar-refractivity contribution in [2.24, 2.45) is 34.5 Å². The van der Waals surface area contributed by atoms with Gasteiger partial charge in [0.1, 0.15) is 0 Å². The van der Waals surface area contributed by atoms with Crippen molar-refractivity contribution in [3.63, 3.8) is 0 Å². The van der Waals surface area contributed by atoms with E-state index >= 15 is 0 Å². The number of fused-ring (bicyclic) bond motifs is 5. The zero-order valence-corrected chi connectivity index (χ0v) is 13.9. The summed E-state index contributed by atoms with van der Waals surface area (Å²) in [4.78, 5) is 0. The zero-order chi connectivity index (χ0) is 14.7. The van der Waals surface area contributed by atoms with Crippen LogP contribution >= 0.6 is 0 Å². The second-order valence-electron chi connectivity index (χ2n) is 9.23. The second-order valence-corrected chi connectivity index (χ2v) is 9.23. The first-order valence-corrected chi connectivity index (χ1v) is 9.42. The fourth-order valence-electron chi connectivity index (χ4n) is 7.18. The Kier molecular flexibility index (Phi) is 3.43. The van der Waals surface area contributed by atoms with Crippen LogP contribution in [0.2, 0.25) is 0 Å². The van der Waals surface area contributed by atoms with Gasteiger partial charge in [-0.2, -0.15) is 0 Å². The lowest BCUT2D eigenvalue weighted by Crippen LogP contribution is -2.50. The van der Waals surface area contributed by atoms with E-state index in [1.165, 1.54) is 51.6 Å². The summed E-state index contributed by atoms with van der Waals surface area (Å²) < 4.78 is 0. The van der Waals surface area contributed by atoms with Crippen LogP contribution in [0.5, 0.6) is 0 Å². The van der Waals surface area contributed by atoms with E-state index in [2.05, 4.69) is 19.2 Å². The molecule has 0 aromatic carbocycles.